The number of nitrogens with zero attached hydrogens (tertiary/aromatic N) is 1. The maximum absolute atomic E-state index is 12.0. The second-order valence-electron chi connectivity index (χ2n) is 2.82. The number of rotatable bonds is 0. The smallest absolute Gasteiger partial charge is 0.327 e. The van der Waals surface area contributed by atoms with E-state index in [4.69, 9.17) is 5.73 Å². The van der Waals surface area contributed by atoms with Crippen molar-refractivity contribution in [2.45, 2.75) is 25.2 Å². The van der Waals surface area contributed by atoms with Crippen LogP contribution in [0.15, 0.2) is 0 Å². The number of alkyl halides is 3. The van der Waals surface area contributed by atoms with Gasteiger partial charge < -0.3 is 5.73 Å². The fourth-order valence-corrected chi connectivity index (χ4v) is 1.24. The highest BCUT2D eigenvalue weighted by Crippen LogP contribution is 2.24. The molecule has 0 bridgehead atoms. The van der Waals surface area contributed by atoms with E-state index in [1.165, 1.54) is 0 Å². The first kappa shape index (κ1) is 8.80. The van der Waals surface area contributed by atoms with Gasteiger partial charge in [0.15, 0.2) is 0 Å². The molecule has 5 heteroatoms. The van der Waals surface area contributed by atoms with Crippen LogP contribution in [-0.4, -0.2) is 30.3 Å². The summed E-state index contributed by atoms with van der Waals surface area (Å²) in [7, 11) is 0. The molecule has 1 aliphatic heterocycles. The molecule has 11 heavy (non-hydrogen) atoms. The summed E-state index contributed by atoms with van der Waals surface area (Å²) in [5.41, 5.74) is 5.38. The van der Waals surface area contributed by atoms with E-state index in [0.29, 0.717) is 17.7 Å². The van der Waals surface area contributed by atoms with Gasteiger partial charge in [-0.3, -0.25) is 0 Å². The highest BCUT2D eigenvalue weighted by molar-refractivity contribution is 4.75. The fraction of sp³-hybridized carbons (Fsp3) is 1.00. The third-order valence-corrected chi connectivity index (χ3v) is 1.82. The van der Waals surface area contributed by atoms with Crippen LogP contribution in [-0.2, 0) is 0 Å². The summed E-state index contributed by atoms with van der Waals surface area (Å²) in [6.45, 7) is 0.0424. The van der Waals surface area contributed by atoms with E-state index in [-0.39, 0.29) is 19.1 Å². The van der Waals surface area contributed by atoms with E-state index in [2.05, 4.69) is 0 Å². The van der Waals surface area contributed by atoms with Gasteiger partial charge in [0.05, 0.1) is 0 Å². The highest BCUT2D eigenvalue weighted by Gasteiger charge is 2.38. The van der Waals surface area contributed by atoms with Gasteiger partial charge in [-0.05, 0) is 12.8 Å². The van der Waals surface area contributed by atoms with Crippen LogP contribution in [0.4, 0.5) is 13.2 Å². The number of hydrogen-bond acceptors (Lipinski definition) is 2. The molecule has 1 atom stereocenters. The molecule has 1 aliphatic rings. The molecule has 1 rings (SSSR count). The summed E-state index contributed by atoms with van der Waals surface area (Å²) in [6.07, 6.45) is -2.95. The van der Waals surface area contributed by atoms with Gasteiger partial charge in [-0.15, -0.1) is 0 Å². The van der Waals surface area contributed by atoms with Crippen LogP contribution in [0.5, 0.6) is 0 Å². The molecule has 1 saturated heterocycles. The Hall–Kier alpha value is -0.290. The van der Waals surface area contributed by atoms with Crippen molar-refractivity contribution in [3.8, 4) is 0 Å². The largest absolute Gasteiger partial charge is 0.459 e. The van der Waals surface area contributed by atoms with Gasteiger partial charge in [0.1, 0.15) is 0 Å². The third kappa shape index (κ3) is 2.34. The maximum Gasteiger partial charge on any atom is 0.459 e. The first-order chi connectivity index (χ1) is 5.00. The van der Waals surface area contributed by atoms with Crippen molar-refractivity contribution in [2.24, 2.45) is 5.73 Å². The van der Waals surface area contributed by atoms with E-state index < -0.39 is 6.30 Å². The molecule has 0 aromatic heterocycles. The van der Waals surface area contributed by atoms with Gasteiger partial charge in [-0.2, -0.15) is 13.2 Å². The van der Waals surface area contributed by atoms with E-state index >= 15 is 0 Å². The Kier molecular flexibility index (Phi) is 2.39. The lowest BCUT2D eigenvalue weighted by atomic mass is 10.1. The Morgan fingerprint density at radius 3 is 2.36 bits per heavy atom. The van der Waals surface area contributed by atoms with Crippen LogP contribution in [0, 0.1) is 0 Å². The normalized spacial score (nSPS) is 28.9. The number of nitrogens with two attached hydrogens (primary N) is 1. The molecule has 0 saturated carbocycles. The Labute approximate surface area is 63.2 Å². The first-order valence-electron chi connectivity index (χ1n) is 3.57. The average Bonchev–Trinajstić information content (AvgIpc) is 1.86. The number of likely N-dealkylation sites (tertiary alicyclic amines) is 1. The van der Waals surface area contributed by atoms with Crippen molar-refractivity contribution in [1.29, 1.82) is 0 Å². The SMILES string of the molecule is NC1CCCN(C(F)(F)F)C1. The monoisotopic (exact) mass is 168 g/mol. The molecule has 0 aromatic carbocycles. The predicted molar refractivity (Wildman–Crippen MR) is 34.8 cm³/mol. The molecule has 1 unspecified atom stereocenters. The highest BCUT2D eigenvalue weighted by atomic mass is 19.4. The van der Waals surface area contributed by atoms with Crippen molar-refractivity contribution in [3.05, 3.63) is 0 Å². The molecular weight excluding hydrogens is 157 g/mol. The molecule has 66 valence electrons. The Morgan fingerprint density at radius 2 is 2.00 bits per heavy atom. The van der Waals surface area contributed by atoms with Gasteiger partial charge in [0.2, 0.25) is 0 Å². The van der Waals surface area contributed by atoms with Gasteiger partial charge in [0, 0.05) is 19.1 Å². The molecule has 2 N–H and O–H groups in total. The lowest BCUT2D eigenvalue weighted by Gasteiger charge is -2.31. The molecular formula is C6H11F3N2. The van der Waals surface area contributed by atoms with E-state index in [9.17, 15) is 13.2 Å². The van der Waals surface area contributed by atoms with E-state index in [0.717, 1.165) is 0 Å². The zero-order valence-corrected chi connectivity index (χ0v) is 6.06. The standard InChI is InChI=1S/C6H11F3N2/c7-6(8,9)11-3-1-2-5(10)4-11/h5H,1-4,10H2. The zero-order chi connectivity index (χ0) is 8.48. The van der Waals surface area contributed by atoms with Crippen molar-refractivity contribution >= 4 is 0 Å². The number of halogens is 3. The van der Waals surface area contributed by atoms with Gasteiger partial charge in [0.25, 0.3) is 0 Å². The summed E-state index contributed by atoms with van der Waals surface area (Å²) in [5.74, 6) is 0. The number of piperidine rings is 1. The number of hydrogen-bond donors (Lipinski definition) is 1. The third-order valence-electron chi connectivity index (χ3n) is 1.82. The van der Waals surface area contributed by atoms with Crippen LogP contribution in [0.3, 0.4) is 0 Å². The molecule has 1 fully saturated rings. The minimum atomic E-state index is -4.20. The van der Waals surface area contributed by atoms with Crippen molar-refractivity contribution in [3.63, 3.8) is 0 Å². The molecule has 0 aromatic rings. The second kappa shape index (κ2) is 2.98. The summed E-state index contributed by atoms with van der Waals surface area (Å²) >= 11 is 0. The van der Waals surface area contributed by atoms with Gasteiger partial charge in [-0.1, -0.05) is 0 Å². The molecule has 0 aliphatic carbocycles. The molecule has 0 radical (unpaired) electrons. The summed E-state index contributed by atoms with van der Waals surface area (Å²) in [5, 5.41) is 0. The predicted octanol–water partition coefficient (Wildman–Crippen LogP) is 0.929. The average molecular weight is 168 g/mol. The maximum atomic E-state index is 12.0. The van der Waals surface area contributed by atoms with E-state index in [1.54, 1.807) is 0 Å². The van der Waals surface area contributed by atoms with Crippen LogP contribution < -0.4 is 5.73 Å². The minimum Gasteiger partial charge on any atom is -0.327 e. The molecule has 0 amide bonds. The van der Waals surface area contributed by atoms with Crippen molar-refractivity contribution in [1.82, 2.24) is 4.90 Å². The topological polar surface area (TPSA) is 29.3 Å². The van der Waals surface area contributed by atoms with Crippen molar-refractivity contribution < 1.29 is 13.2 Å². The Balaban J connectivity index is 2.46. The van der Waals surface area contributed by atoms with E-state index in [1.807, 2.05) is 0 Å². The molecule has 0 spiro atoms. The minimum absolute atomic E-state index is 0.0521. The lowest BCUT2D eigenvalue weighted by molar-refractivity contribution is -0.250. The van der Waals surface area contributed by atoms with Gasteiger partial charge in [-0.25, -0.2) is 4.90 Å². The van der Waals surface area contributed by atoms with Crippen LogP contribution in [0.1, 0.15) is 12.8 Å². The molecule has 2 nitrogen and oxygen atoms in total. The van der Waals surface area contributed by atoms with Crippen LogP contribution >= 0.6 is 0 Å². The van der Waals surface area contributed by atoms with Crippen LogP contribution in [0.25, 0.3) is 0 Å². The summed E-state index contributed by atoms with van der Waals surface area (Å²) in [6, 6.07) is -0.314. The Bertz CT molecular complexity index is 134. The quantitative estimate of drug-likeness (QED) is 0.545. The second-order valence-corrected chi connectivity index (χ2v) is 2.82. The lowest BCUT2D eigenvalue weighted by Crippen LogP contribution is -2.49. The van der Waals surface area contributed by atoms with Gasteiger partial charge >= 0.3 is 6.30 Å². The fourth-order valence-electron chi connectivity index (χ4n) is 1.24. The Morgan fingerprint density at radius 1 is 1.36 bits per heavy atom. The molecule has 1 heterocycles. The first-order valence-corrected chi connectivity index (χ1v) is 3.57. The summed E-state index contributed by atoms with van der Waals surface area (Å²) < 4.78 is 36.0. The van der Waals surface area contributed by atoms with Crippen LogP contribution in [0.2, 0.25) is 0 Å². The van der Waals surface area contributed by atoms with Crippen molar-refractivity contribution in [2.75, 3.05) is 13.1 Å². The summed E-state index contributed by atoms with van der Waals surface area (Å²) in [4.78, 5) is 0.473. The zero-order valence-electron chi connectivity index (χ0n) is 6.06.